The van der Waals surface area contributed by atoms with Crippen molar-refractivity contribution in [1.29, 1.82) is 0 Å². The first kappa shape index (κ1) is 25.4. The van der Waals surface area contributed by atoms with Crippen LogP contribution in [-0.4, -0.2) is 68.1 Å². The number of carbonyl (C=O) groups is 1. The van der Waals surface area contributed by atoms with E-state index >= 15 is 0 Å². The Labute approximate surface area is 225 Å². The SMILES string of the molecule is C[C@@H]1CN(c2ccc(C(=O)Nc3cc(F)c4nn(C)cc4c3)c3nc(OC4CCCC4O)ncc23)C[C@@H](C)N1. The highest BCUT2D eigenvalue weighted by Gasteiger charge is 2.29. The van der Waals surface area contributed by atoms with Gasteiger partial charge in [-0.25, -0.2) is 9.37 Å². The number of nitrogens with one attached hydrogen (secondary N) is 2. The fourth-order valence-corrected chi connectivity index (χ4v) is 5.79. The van der Waals surface area contributed by atoms with Crippen LogP contribution in [0.1, 0.15) is 43.5 Å². The average molecular weight is 534 g/mol. The summed E-state index contributed by atoms with van der Waals surface area (Å²) in [5, 5.41) is 22.0. The number of nitrogens with zero attached hydrogens (tertiary/aromatic N) is 5. The molecular formula is C28H32FN7O3. The molecule has 11 heteroatoms. The molecule has 1 saturated heterocycles. The highest BCUT2D eigenvalue weighted by Crippen LogP contribution is 2.32. The number of carbonyl (C=O) groups excluding carboxylic acids is 1. The largest absolute Gasteiger partial charge is 0.457 e. The second kappa shape index (κ2) is 10.0. The number of hydrogen-bond donors (Lipinski definition) is 3. The zero-order valence-electron chi connectivity index (χ0n) is 22.2. The Balaban J connectivity index is 1.39. The van der Waals surface area contributed by atoms with E-state index in [2.05, 4.69) is 44.4 Å². The normalized spacial score (nSPS) is 23.5. The number of aryl methyl sites for hydroxylation is 1. The van der Waals surface area contributed by atoms with E-state index in [1.807, 2.05) is 6.07 Å². The Hall–Kier alpha value is -3.83. The molecule has 4 atom stereocenters. The minimum atomic E-state index is -0.570. The quantitative estimate of drug-likeness (QED) is 0.358. The second-order valence-electron chi connectivity index (χ2n) is 10.7. The van der Waals surface area contributed by atoms with E-state index in [1.54, 1.807) is 31.6 Å². The van der Waals surface area contributed by atoms with Crippen molar-refractivity contribution in [3.63, 3.8) is 0 Å². The van der Waals surface area contributed by atoms with Crippen LogP contribution in [0, 0.1) is 5.82 Å². The van der Waals surface area contributed by atoms with E-state index in [9.17, 15) is 14.3 Å². The number of aromatic nitrogens is 4. The number of aliphatic hydroxyl groups is 1. The van der Waals surface area contributed by atoms with Gasteiger partial charge in [-0.15, -0.1) is 0 Å². The summed E-state index contributed by atoms with van der Waals surface area (Å²) >= 11 is 0. The third kappa shape index (κ3) is 4.99. The maximum atomic E-state index is 14.7. The molecule has 2 aromatic heterocycles. The fourth-order valence-electron chi connectivity index (χ4n) is 5.79. The van der Waals surface area contributed by atoms with Gasteiger partial charge in [-0.3, -0.25) is 9.48 Å². The van der Waals surface area contributed by atoms with Crippen LogP contribution in [0.15, 0.2) is 36.7 Å². The van der Waals surface area contributed by atoms with Crippen LogP contribution >= 0.6 is 0 Å². The number of fused-ring (bicyclic) bond motifs is 2. The van der Waals surface area contributed by atoms with Crippen LogP contribution in [0.4, 0.5) is 15.8 Å². The van der Waals surface area contributed by atoms with Crippen molar-refractivity contribution < 1.29 is 19.0 Å². The van der Waals surface area contributed by atoms with E-state index in [-0.39, 0.29) is 29.7 Å². The van der Waals surface area contributed by atoms with E-state index in [0.29, 0.717) is 28.6 Å². The summed E-state index contributed by atoms with van der Waals surface area (Å²) in [6.45, 7) is 5.87. The molecule has 2 aliphatic rings. The molecular weight excluding hydrogens is 501 g/mol. The van der Waals surface area contributed by atoms with E-state index < -0.39 is 17.8 Å². The lowest BCUT2D eigenvalue weighted by Crippen LogP contribution is -2.54. The van der Waals surface area contributed by atoms with Gasteiger partial charge >= 0.3 is 6.01 Å². The summed E-state index contributed by atoms with van der Waals surface area (Å²) < 4.78 is 22.1. The molecule has 4 aromatic rings. The van der Waals surface area contributed by atoms with Crippen molar-refractivity contribution in [3.8, 4) is 6.01 Å². The number of ether oxygens (including phenoxy) is 1. The van der Waals surface area contributed by atoms with Gasteiger partial charge in [-0.2, -0.15) is 10.1 Å². The number of halogens is 1. The third-order valence-electron chi connectivity index (χ3n) is 7.46. The maximum absolute atomic E-state index is 14.7. The number of anilines is 2. The average Bonchev–Trinajstić information content (AvgIpc) is 3.47. The Bertz CT molecular complexity index is 1550. The number of amides is 1. The lowest BCUT2D eigenvalue weighted by Gasteiger charge is -2.38. The van der Waals surface area contributed by atoms with Crippen LogP contribution < -0.4 is 20.3 Å². The molecule has 2 unspecified atom stereocenters. The predicted molar refractivity (Wildman–Crippen MR) is 147 cm³/mol. The zero-order valence-corrected chi connectivity index (χ0v) is 22.2. The first-order chi connectivity index (χ1) is 18.7. The van der Waals surface area contributed by atoms with Crippen LogP contribution in [-0.2, 0) is 7.05 Å². The van der Waals surface area contributed by atoms with Gasteiger partial charge in [0, 0.05) is 66.8 Å². The van der Waals surface area contributed by atoms with Gasteiger partial charge in [0.1, 0.15) is 11.6 Å². The monoisotopic (exact) mass is 533 g/mol. The number of benzene rings is 2. The maximum Gasteiger partial charge on any atom is 0.317 e. The Kier molecular flexibility index (Phi) is 6.56. The first-order valence-electron chi connectivity index (χ1n) is 13.3. The van der Waals surface area contributed by atoms with Crippen molar-refractivity contribution in [1.82, 2.24) is 25.1 Å². The zero-order chi connectivity index (χ0) is 27.3. The number of hydrogen-bond acceptors (Lipinski definition) is 8. The summed E-state index contributed by atoms with van der Waals surface area (Å²) in [4.78, 5) is 24.9. The van der Waals surface area contributed by atoms with Gasteiger partial charge in [0.25, 0.3) is 5.91 Å². The number of aliphatic hydroxyl groups excluding tert-OH is 1. The molecule has 0 spiro atoms. The molecule has 1 aliphatic heterocycles. The molecule has 6 rings (SSSR count). The summed E-state index contributed by atoms with van der Waals surface area (Å²) in [7, 11) is 1.72. The van der Waals surface area contributed by atoms with Crippen molar-refractivity contribution in [2.75, 3.05) is 23.3 Å². The molecule has 0 radical (unpaired) electrons. The second-order valence-corrected chi connectivity index (χ2v) is 10.7. The molecule has 39 heavy (non-hydrogen) atoms. The summed E-state index contributed by atoms with van der Waals surface area (Å²) in [5.41, 5.74) is 2.24. The lowest BCUT2D eigenvalue weighted by atomic mass is 10.0. The smallest absolute Gasteiger partial charge is 0.317 e. The number of piperazine rings is 1. The van der Waals surface area contributed by atoms with Gasteiger partial charge in [-0.05, 0) is 57.4 Å². The standard InChI is InChI=1S/C28H32FN7O3/c1-15-12-36(13-16(2)31-15)22-8-7-19(26-20(22)11-30-28(33-26)39-24-6-4-5-23(24)37)27(38)32-18-9-17-14-35(3)34-25(17)21(29)10-18/h7-11,14-16,23-24,31,37H,4-6,12-13H2,1-3H3,(H,32,38)/t15-,16-,23?,24?/m1/s1. The van der Waals surface area contributed by atoms with E-state index in [1.165, 1.54) is 10.7 Å². The fraction of sp³-hybridized carbons (Fsp3) is 0.429. The van der Waals surface area contributed by atoms with Crippen molar-refractivity contribution in [2.45, 2.75) is 57.4 Å². The minimum absolute atomic E-state index is 0.115. The molecule has 1 amide bonds. The topological polar surface area (TPSA) is 117 Å². The van der Waals surface area contributed by atoms with Crippen LogP contribution in [0.25, 0.3) is 21.8 Å². The van der Waals surface area contributed by atoms with E-state index in [4.69, 9.17) is 4.74 Å². The molecule has 0 bridgehead atoms. The summed E-state index contributed by atoms with van der Waals surface area (Å²) in [5.74, 6) is -0.944. The van der Waals surface area contributed by atoms with Crippen LogP contribution in [0.3, 0.4) is 0 Å². The van der Waals surface area contributed by atoms with Gasteiger partial charge in [-0.1, -0.05) is 0 Å². The Morgan fingerprint density at radius 1 is 1.18 bits per heavy atom. The van der Waals surface area contributed by atoms with Crippen molar-refractivity contribution >= 4 is 39.1 Å². The molecule has 10 nitrogen and oxygen atoms in total. The van der Waals surface area contributed by atoms with Gasteiger partial charge in [0.15, 0.2) is 5.82 Å². The highest BCUT2D eigenvalue weighted by atomic mass is 19.1. The van der Waals surface area contributed by atoms with Crippen LogP contribution in [0.2, 0.25) is 0 Å². The molecule has 2 fully saturated rings. The minimum Gasteiger partial charge on any atom is -0.457 e. The predicted octanol–water partition coefficient (Wildman–Crippen LogP) is 3.39. The Morgan fingerprint density at radius 3 is 2.72 bits per heavy atom. The van der Waals surface area contributed by atoms with Crippen LogP contribution in [0.5, 0.6) is 6.01 Å². The van der Waals surface area contributed by atoms with Gasteiger partial charge in [0.2, 0.25) is 0 Å². The Morgan fingerprint density at radius 2 is 1.97 bits per heavy atom. The molecule has 204 valence electrons. The van der Waals surface area contributed by atoms with Crippen molar-refractivity contribution in [3.05, 3.63) is 48.0 Å². The summed E-state index contributed by atoms with van der Waals surface area (Å²) in [6.07, 6.45) is 4.69. The van der Waals surface area contributed by atoms with Crippen molar-refractivity contribution in [2.24, 2.45) is 7.05 Å². The van der Waals surface area contributed by atoms with Gasteiger partial charge < -0.3 is 25.4 Å². The molecule has 1 saturated carbocycles. The molecule has 2 aromatic carbocycles. The molecule has 3 N–H and O–H groups in total. The van der Waals surface area contributed by atoms with E-state index in [0.717, 1.165) is 37.0 Å². The first-order valence-corrected chi connectivity index (χ1v) is 13.3. The van der Waals surface area contributed by atoms with Gasteiger partial charge in [0.05, 0.1) is 17.2 Å². The summed E-state index contributed by atoms with van der Waals surface area (Å²) in [6, 6.07) is 7.30. The lowest BCUT2D eigenvalue weighted by molar-refractivity contribution is 0.0544. The third-order valence-corrected chi connectivity index (χ3v) is 7.46. The number of rotatable bonds is 5. The molecule has 3 heterocycles. The highest BCUT2D eigenvalue weighted by molar-refractivity contribution is 6.14. The molecule has 1 aliphatic carbocycles.